The number of carbonyl (C=O) groups excluding carboxylic acids is 1. The van der Waals surface area contributed by atoms with E-state index in [0.717, 1.165) is 18.4 Å². The molecule has 32 heavy (non-hydrogen) atoms. The van der Waals surface area contributed by atoms with Gasteiger partial charge < -0.3 is 14.8 Å². The number of anilines is 1. The third kappa shape index (κ3) is 5.53. The van der Waals surface area contributed by atoms with Crippen molar-refractivity contribution in [3.05, 3.63) is 75.9 Å². The SMILES string of the molecule is CSc1ncc(C(=O)Nc2c(Cl)cccc2Cl)c(OC2CC(OCc3ccccc3)C2)n1. The smallest absolute Gasteiger partial charge is 0.262 e. The van der Waals surface area contributed by atoms with Crippen molar-refractivity contribution in [3.63, 3.8) is 0 Å². The van der Waals surface area contributed by atoms with Crippen molar-refractivity contribution in [3.8, 4) is 5.88 Å². The van der Waals surface area contributed by atoms with E-state index in [-0.39, 0.29) is 23.7 Å². The average molecular weight is 490 g/mol. The van der Waals surface area contributed by atoms with Crippen LogP contribution in [-0.2, 0) is 11.3 Å². The van der Waals surface area contributed by atoms with Crippen LogP contribution in [0.2, 0.25) is 10.0 Å². The maximum absolute atomic E-state index is 12.9. The predicted molar refractivity (Wildman–Crippen MR) is 127 cm³/mol. The Labute approximate surface area is 200 Å². The molecule has 0 aliphatic heterocycles. The third-order valence-corrected chi connectivity index (χ3v) is 6.21. The quantitative estimate of drug-likeness (QED) is 0.314. The molecule has 0 spiro atoms. The molecule has 0 unspecified atom stereocenters. The zero-order valence-electron chi connectivity index (χ0n) is 17.3. The molecule has 9 heteroatoms. The average Bonchev–Trinajstić information content (AvgIpc) is 2.78. The fourth-order valence-electron chi connectivity index (χ4n) is 3.19. The fourth-order valence-corrected chi connectivity index (χ4v) is 4.01. The van der Waals surface area contributed by atoms with Crippen molar-refractivity contribution in [2.75, 3.05) is 11.6 Å². The first-order valence-electron chi connectivity index (χ1n) is 10.0. The number of para-hydroxylation sites is 1. The van der Waals surface area contributed by atoms with Crippen LogP contribution in [0.25, 0.3) is 0 Å². The molecule has 0 bridgehead atoms. The summed E-state index contributed by atoms with van der Waals surface area (Å²) in [5, 5.41) is 3.93. The number of amides is 1. The Kier molecular flexibility index (Phi) is 7.52. The van der Waals surface area contributed by atoms with Crippen molar-refractivity contribution in [1.82, 2.24) is 9.97 Å². The Morgan fingerprint density at radius 1 is 1.09 bits per heavy atom. The number of ether oxygens (including phenoxy) is 2. The molecule has 1 aromatic heterocycles. The van der Waals surface area contributed by atoms with Gasteiger partial charge in [-0.05, 0) is 24.0 Å². The first-order valence-corrected chi connectivity index (χ1v) is 12.0. The van der Waals surface area contributed by atoms with Crippen LogP contribution >= 0.6 is 35.0 Å². The number of halogens is 2. The van der Waals surface area contributed by atoms with E-state index in [1.54, 1.807) is 18.2 Å². The summed E-state index contributed by atoms with van der Waals surface area (Å²) in [6.07, 6.45) is 4.79. The highest BCUT2D eigenvalue weighted by molar-refractivity contribution is 7.98. The molecule has 1 saturated carbocycles. The molecule has 166 valence electrons. The summed E-state index contributed by atoms with van der Waals surface area (Å²) in [6, 6.07) is 15.0. The maximum atomic E-state index is 12.9. The summed E-state index contributed by atoms with van der Waals surface area (Å²) in [5.41, 5.74) is 1.68. The molecule has 0 saturated heterocycles. The van der Waals surface area contributed by atoms with E-state index in [2.05, 4.69) is 15.3 Å². The molecule has 1 N–H and O–H groups in total. The summed E-state index contributed by atoms with van der Waals surface area (Å²) in [4.78, 5) is 21.5. The zero-order valence-corrected chi connectivity index (χ0v) is 19.6. The first kappa shape index (κ1) is 22.9. The molecule has 1 heterocycles. The molecule has 3 aromatic rings. The van der Waals surface area contributed by atoms with Crippen LogP contribution in [0.1, 0.15) is 28.8 Å². The third-order valence-electron chi connectivity index (χ3n) is 5.02. The number of nitrogens with zero attached hydrogens (tertiary/aromatic N) is 2. The van der Waals surface area contributed by atoms with E-state index in [1.165, 1.54) is 18.0 Å². The van der Waals surface area contributed by atoms with Crippen molar-refractivity contribution in [2.24, 2.45) is 0 Å². The van der Waals surface area contributed by atoms with E-state index in [0.29, 0.717) is 27.5 Å². The van der Waals surface area contributed by atoms with Crippen molar-refractivity contribution >= 4 is 46.6 Å². The normalized spacial score (nSPS) is 17.5. The van der Waals surface area contributed by atoms with Gasteiger partial charge in [0, 0.05) is 19.0 Å². The molecule has 0 atom stereocenters. The standard InChI is InChI=1S/C23H21Cl2N3O3S/c1-32-23-26-12-17(21(29)27-20-18(24)8-5-9-19(20)25)22(28-23)31-16-10-15(11-16)30-13-14-6-3-2-4-7-14/h2-9,12,15-16H,10-11,13H2,1H3,(H,27,29). The zero-order chi connectivity index (χ0) is 22.5. The second kappa shape index (κ2) is 10.5. The van der Waals surface area contributed by atoms with Gasteiger partial charge in [0.05, 0.1) is 28.4 Å². The monoisotopic (exact) mass is 489 g/mol. The van der Waals surface area contributed by atoms with Gasteiger partial charge in [-0.25, -0.2) is 4.98 Å². The van der Waals surface area contributed by atoms with Crippen LogP contribution in [0.5, 0.6) is 5.88 Å². The Morgan fingerprint density at radius 2 is 1.81 bits per heavy atom. The minimum atomic E-state index is -0.446. The van der Waals surface area contributed by atoms with Gasteiger partial charge in [0.15, 0.2) is 5.16 Å². The number of nitrogens with one attached hydrogen (secondary N) is 1. The molecule has 1 amide bonds. The highest BCUT2D eigenvalue weighted by atomic mass is 35.5. The summed E-state index contributed by atoms with van der Waals surface area (Å²) >= 11 is 13.7. The minimum Gasteiger partial charge on any atom is -0.473 e. The summed E-state index contributed by atoms with van der Waals surface area (Å²) in [7, 11) is 0. The summed E-state index contributed by atoms with van der Waals surface area (Å²) in [5.74, 6) is -0.213. The van der Waals surface area contributed by atoms with E-state index in [4.69, 9.17) is 32.7 Å². The Hall–Kier alpha value is -2.32. The fraction of sp³-hybridized carbons (Fsp3) is 0.261. The molecule has 1 aliphatic carbocycles. The van der Waals surface area contributed by atoms with Crippen molar-refractivity contribution in [1.29, 1.82) is 0 Å². The number of carbonyl (C=O) groups is 1. The lowest BCUT2D eigenvalue weighted by Crippen LogP contribution is -2.40. The predicted octanol–water partition coefficient (Wildman–Crippen LogP) is 5.88. The van der Waals surface area contributed by atoms with Crippen LogP contribution in [0.3, 0.4) is 0 Å². The second-order valence-corrected chi connectivity index (χ2v) is 8.84. The van der Waals surface area contributed by atoms with E-state index in [1.807, 2.05) is 36.6 Å². The maximum Gasteiger partial charge on any atom is 0.262 e. The molecular weight excluding hydrogens is 469 g/mol. The molecule has 2 aromatic carbocycles. The van der Waals surface area contributed by atoms with Crippen molar-refractivity contribution < 1.29 is 14.3 Å². The van der Waals surface area contributed by atoms with Gasteiger partial charge in [0.1, 0.15) is 11.7 Å². The van der Waals surface area contributed by atoms with Gasteiger partial charge >= 0.3 is 0 Å². The minimum absolute atomic E-state index is 0.0872. The van der Waals surface area contributed by atoms with Crippen molar-refractivity contribution in [2.45, 2.75) is 36.8 Å². The molecular formula is C23H21Cl2N3O3S. The Morgan fingerprint density at radius 3 is 2.50 bits per heavy atom. The largest absolute Gasteiger partial charge is 0.473 e. The topological polar surface area (TPSA) is 73.3 Å². The van der Waals surface area contributed by atoms with E-state index >= 15 is 0 Å². The molecule has 0 radical (unpaired) electrons. The van der Waals surface area contributed by atoms with Crippen LogP contribution in [0.15, 0.2) is 59.9 Å². The van der Waals surface area contributed by atoms with Gasteiger partial charge in [0.25, 0.3) is 5.91 Å². The lowest BCUT2D eigenvalue weighted by Gasteiger charge is -2.35. The number of hydrogen-bond donors (Lipinski definition) is 1. The van der Waals surface area contributed by atoms with Gasteiger partial charge in [-0.2, -0.15) is 4.98 Å². The number of hydrogen-bond acceptors (Lipinski definition) is 6. The van der Waals surface area contributed by atoms with Crippen LogP contribution in [0, 0.1) is 0 Å². The molecule has 1 aliphatic rings. The van der Waals surface area contributed by atoms with E-state index in [9.17, 15) is 4.79 Å². The Bertz CT molecular complexity index is 1070. The highest BCUT2D eigenvalue weighted by Crippen LogP contribution is 2.33. The lowest BCUT2D eigenvalue weighted by atomic mass is 9.92. The van der Waals surface area contributed by atoms with Crippen LogP contribution < -0.4 is 10.1 Å². The summed E-state index contributed by atoms with van der Waals surface area (Å²) in [6.45, 7) is 0.564. The van der Waals surface area contributed by atoms with Crippen LogP contribution in [-0.4, -0.2) is 34.3 Å². The molecule has 1 fully saturated rings. The van der Waals surface area contributed by atoms with Gasteiger partial charge in [-0.15, -0.1) is 0 Å². The van der Waals surface area contributed by atoms with E-state index < -0.39 is 5.91 Å². The number of benzene rings is 2. The van der Waals surface area contributed by atoms with Crippen LogP contribution in [0.4, 0.5) is 5.69 Å². The number of rotatable bonds is 8. The Balaban J connectivity index is 1.41. The van der Waals surface area contributed by atoms with Gasteiger partial charge in [-0.3, -0.25) is 4.79 Å². The second-order valence-electron chi connectivity index (χ2n) is 7.26. The van der Waals surface area contributed by atoms with Gasteiger partial charge in [-0.1, -0.05) is 71.4 Å². The van der Waals surface area contributed by atoms with Gasteiger partial charge in [0.2, 0.25) is 5.88 Å². The summed E-state index contributed by atoms with van der Waals surface area (Å²) < 4.78 is 12.0. The number of aromatic nitrogens is 2. The lowest BCUT2D eigenvalue weighted by molar-refractivity contribution is -0.0697. The molecule has 6 nitrogen and oxygen atoms in total. The first-order chi connectivity index (χ1) is 15.5. The molecule has 4 rings (SSSR count). The highest BCUT2D eigenvalue weighted by Gasteiger charge is 2.33. The number of thioether (sulfide) groups is 1.